The molecule has 1 saturated heterocycles. The van der Waals surface area contributed by atoms with Gasteiger partial charge in [0.15, 0.2) is 0 Å². The molecule has 0 aromatic heterocycles. The first-order valence-corrected chi connectivity index (χ1v) is 11.1. The quantitative estimate of drug-likeness (QED) is 0.676. The fourth-order valence-electron chi connectivity index (χ4n) is 4.04. The predicted molar refractivity (Wildman–Crippen MR) is 114 cm³/mol. The molecular formula is C22H23N3O3S. The van der Waals surface area contributed by atoms with Gasteiger partial charge < -0.3 is 5.32 Å². The van der Waals surface area contributed by atoms with Crippen LogP contribution in [-0.2, 0) is 14.8 Å². The number of nitrogens with two attached hydrogens (primary N) is 1. The van der Waals surface area contributed by atoms with E-state index in [2.05, 4.69) is 40.5 Å². The molecule has 29 heavy (non-hydrogen) atoms. The fraction of sp³-hybridized carbons (Fsp3) is 0.227. The number of carbonyl (C=O) groups excluding carboxylic acids is 1. The first kappa shape index (κ1) is 19.6. The summed E-state index contributed by atoms with van der Waals surface area (Å²) in [5.41, 5.74) is 1.66. The summed E-state index contributed by atoms with van der Waals surface area (Å²) in [7, 11) is -3.81. The van der Waals surface area contributed by atoms with Gasteiger partial charge in [0.2, 0.25) is 15.9 Å². The molecule has 1 fully saturated rings. The smallest absolute Gasteiger partial charge is 0.238 e. The van der Waals surface area contributed by atoms with Crippen LogP contribution in [0.4, 0.5) is 5.69 Å². The van der Waals surface area contributed by atoms with Crippen molar-refractivity contribution in [2.45, 2.75) is 23.8 Å². The van der Waals surface area contributed by atoms with Gasteiger partial charge in [0, 0.05) is 11.7 Å². The number of nitrogens with one attached hydrogen (secondary N) is 1. The molecule has 1 unspecified atom stereocenters. The Morgan fingerprint density at radius 1 is 1.07 bits per heavy atom. The topological polar surface area (TPSA) is 92.5 Å². The monoisotopic (exact) mass is 409 g/mol. The van der Waals surface area contributed by atoms with E-state index in [-0.39, 0.29) is 23.4 Å². The number of primary sulfonamides is 1. The van der Waals surface area contributed by atoms with Crippen molar-refractivity contribution in [3.63, 3.8) is 0 Å². The van der Waals surface area contributed by atoms with Crippen LogP contribution in [0.25, 0.3) is 10.8 Å². The number of fused-ring (bicyclic) bond motifs is 1. The first-order chi connectivity index (χ1) is 13.9. The lowest BCUT2D eigenvalue weighted by atomic mass is 9.97. The zero-order valence-corrected chi connectivity index (χ0v) is 16.7. The van der Waals surface area contributed by atoms with E-state index in [4.69, 9.17) is 5.14 Å². The Balaban J connectivity index is 1.51. The van der Waals surface area contributed by atoms with E-state index in [9.17, 15) is 13.2 Å². The molecule has 1 aliphatic heterocycles. The minimum absolute atomic E-state index is 0.0231. The van der Waals surface area contributed by atoms with Gasteiger partial charge in [0.1, 0.15) is 0 Å². The molecule has 0 spiro atoms. The van der Waals surface area contributed by atoms with Crippen molar-refractivity contribution < 1.29 is 13.2 Å². The normalized spacial score (nSPS) is 17.5. The van der Waals surface area contributed by atoms with Gasteiger partial charge in [-0.3, -0.25) is 9.69 Å². The van der Waals surface area contributed by atoms with Crippen LogP contribution in [0.3, 0.4) is 0 Å². The highest BCUT2D eigenvalue weighted by Gasteiger charge is 2.28. The second kappa shape index (κ2) is 7.94. The molecule has 1 atom stereocenters. The molecule has 1 heterocycles. The van der Waals surface area contributed by atoms with Gasteiger partial charge >= 0.3 is 0 Å². The maximum absolute atomic E-state index is 12.6. The number of hydrogen-bond acceptors (Lipinski definition) is 4. The van der Waals surface area contributed by atoms with E-state index < -0.39 is 10.0 Å². The van der Waals surface area contributed by atoms with Gasteiger partial charge in [-0.05, 0) is 53.9 Å². The molecule has 0 saturated carbocycles. The summed E-state index contributed by atoms with van der Waals surface area (Å²) < 4.78 is 23.0. The van der Waals surface area contributed by atoms with Crippen LogP contribution in [0.15, 0.2) is 71.6 Å². The van der Waals surface area contributed by atoms with Crippen molar-refractivity contribution in [1.82, 2.24) is 4.90 Å². The van der Waals surface area contributed by atoms with Gasteiger partial charge in [-0.2, -0.15) is 0 Å². The zero-order valence-electron chi connectivity index (χ0n) is 15.9. The molecule has 150 valence electrons. The van der Waals surface area contributed by atoms with E-state index in [0.717, 1.165) is 19.4 Å². The Labute approximate surface area is 170 Å². The summed E-state index contributed by atoms with van der Waals surface area (Å²) in [5.74, 6) is -0.177. The molecule has 0 bridgehead atoms. The van der Waals surface area contributed by atoms with Gasteiger partial charge in [0.25, 0.3) is 0 Å². The van der Waals surface area contributed by atoms with Crippen LogP contribution in [0, 0.1) is 0 Å². The van der Waals surface area contributed by atoms with Gasteiger partial charge in [0.05, 0.1) is 11.4 Å². The minimum Gasteiger partial charge on any atom is -0.325 e. The Hall–Kier alpha value is -2.74. The largest absolute Gasteiger partial charge is 0.325 e. The van der Waals surface area contributed by atoms with Crippen LogP contribution in [0.5, 0.6) is 0 Å². The van der Waals surface area contributed by atoms with Crippen molar-refractivity contribution in [1.29, 1.82) is 0 Å². The standard InChI is InChI=1S/C22H23N3O3S/c23-29(27,28)18-9-4-8-17(14-18)24-22(26)15-25-13-5-12-21(25)20-11-3-7-16-6-1-2-10-19(16)20/h1-4,6-11,14,21H,5,12-13,15H2,(H,24,26)(H2,23,27,28). The molecular weight excluding hydrogens is 386 g/mol. The molecule has 0 aliphatic carbocycles. The number of rotatable bonds is 5. The lowest BCUT2D eigenvalue weighted by Gasteiger charge is -2.25. The molecule has 0 radical (unpaired) electrons. The number of likely N-dealkylation sites (tertiary alicyclic amines) is 1. The second-order valence-corrected chi connectivity index (χ2v) is 8.88. The molecule has 6 nitrogen and oxygen atoms in total. The second-order valence-electron chi connectivity index (χ2n) is 7.32. The summed E-state index contributed by atoms with van der Waals surface area (Å²) in [5, 5.41) is 10.4. The van der Waals surface area contributed by atoms with Crippen molar-refractivity contribution in [3.05, 3.63) is 72.3 Å². The van der Waals surface area contributed by atoms with Crippen LogP contribution >= 0.6 is 0 Å². The molecule has 1 aliphatic rings. The first-order valence-electron chi connectivity index (χ1n) is 9.56. The Kier molecular flexibility index (Phi) is 5.36. The van der Waals surface area contributed by atoms with Crippen LogP contribution in [0.1, 0.15) is 24.4 Å². The van der Waals surface area contributed by atoms with Crippen LogP contribution < -0.4 is 10.5 Å². The fourth-order valence-corrected chi connectivity index (χ4v) is 4.60. The average Bonchev–Trinajstić information content (AvgIpc) is 3.14. The average molecular weight is 410 g/mol. The molecule has 3 aromatic carbocycles. The molecule has 3 aromatic rings. The van der Waals surface area contributed by atoms with Gasteiger partial charge in [-0.1, -0.05) is 48.5 Å². The van der Waals surface area contributed by atoms with Crippen LogP contribution in [0.2, 0.25) is 0 Å². The summed E-state index contributed by atoms with van der Waals surface area (Å²) in [6.45, 7) is 1.09. The van der Waals surface area contributed by atoms with E-state index in [1.54, 1.807) is 12.1 Å². The molecule has 4 rings (SSSR count). The zero-order chi connectivity index (χ0) is 20.4. The van der Waals surface area contributed by atoms with E-state index >= 15 is 0 Å². The highest BCUT2D eigenvalue weighted by Crippen LogP contribution is 2.35. The van der Waals surface area contributed by atoms with E-state index in [0.29, 0.717) is 5.69 Å². The predicted octanol–water partition coefficient (Wildman–Crippen LogP) is 3.26. The van der Waals surface area contributed by atoms with E-state index in [1.807, 2.05) is 12.1 Å². The maximum atomic E-state index is 12.6. The number of nitrogens with zero attached hydrogens (tertiary/aromatic N) is 1. The minimum atomic E-state index is -3.81. The number of sulfonamides is 1. The highest BCUT2D eigenvalue weighted by atomic mass is 32.2. The lowest BCUT2D eigenvalue weighted by Crippen LogP contribution is -2.33. The van der Waals surface area contributed by atoms with Crippen molar-refractivity contribution in [2.75, 3.05) is 18.4 Å². The molecule has 3 N–H and O–H groups in total. The lowest BCUT2D eigenvalue weighted by molar-refractivity contribution is -0.117. The highest BCUT2D eigenvalue weighted by molar-refractivity contribution is 7.89. The SMILES string of the molecule is NS(=O)(=O)c1cccc(NC(=O)CN2CCCC2c2cccc3ccccc23)c1. The third kappa shape index (κ3) is 4.32. The summed E-state index contributed by atoms with van der Waals surface area (Å²) in [6.07, 6.45) is 2.03. The van der Waals surface area contributed by atoms with E-state index in [1.165, 1.54) is 28.5 Å². The third-order valence-electron chi connectivity index (χ3n) is 5.34. The van der Waals surface area contributed by atoms with Crippen molar-refractivity contribution in [2.24, 2.45) is 5.14 Å². The van der Waals surface area contributed by atoms with Crippen molar-refractivity contribution in [3.8, 4) is 0 Å². The number of anilines is 1. The molecule has 7 heteroatoms. The summed E-state index contributed by atoms with van der Waals surface area (Å²) in [4.78, 5) is 14.8. The third-order valence-corrected chi connectivity index (χ3v) is 6.25. The number of carbonyl (C=O) groups is 1. The van der Waals surface area contributed by atoms with Gasteiger partial charge in [-0.15, -0.1) is 0 Å². The Morgan fingerprint density at radius 2 is 1.83 bits per heavy atom. The Bertz CT molecular complexity index is 1160. The number of amides is 1. The Morgan fingerprint density at radius 3 is 2.66 bits per heavy atom. The van der Waals surface area contributed by atoms with Crippen LogP contribution in [-0.4, -0.2) is 32.3 Å². The summed E-state index contributed by atoms with van der Waals surface area (Å²) >= 11 is 0. The maximum Gasteiger partial charge on any atom is 0.238 e. The number of benzene rings is 3. The van der Waals surface area contributed by atoms with Gasteiger partial charge in [-0.25, -0.2) is 13.6 Å². The summed E-state index contributed by atoms with van der Waals surface area (Å²) in [6, 6.07) is 20.8. The number of hydrogen-bond donors (Lipinski definition) is 2. The molecule has 1 amide bonds. The van der Waals surface area contributed by atoms with Crippen molar-refractivity contribution >= 4 is 32.4 Å².